The Morgan fingerprint density at radius 2 is 2.06 bits per heavy atom. The quantitative estimate of drug-likeness (QED) is 0.862. The Hall–Kier alpha value is -1.55. The van der Waals surface area contributed by atoms with Crippen LogP contribution in [0.2, 0.25) is 5.02 Å². The van der Waals surface area contributed by atoms with Gasteiger partial charge in [-0.1, -0.05) is 30.7 Å². The summed E-state index contributed by atoms with van der Waals surface area (Å²) >= 11 is 5.81. The molecule has 1 atom stereocenters. The zero-order valence-corrected chi connectivity index (χ0v) is 10.3. The normalized spacial score (nSPS) is 21.4. The molecule has 90 valence electrons. The van der Waals surface area contributed by atoms with Gasteiger partial charge in [0.25, 0.3) is 5.91 Å². The molecule has 1 aliphatic rings. The van der Waals surface area contributed by atoms with Gasteiger partial charge in [0.1, 0.15) is 6.04 Å². The topological polar surface area (TPSA) is 53.5 Å². The van der Waals surface area contributed by atoms with Gasteiger partial charge in [0, 0.05) is 11.6 Å². The van der Waals surface area contributed by atoms with Gasteiger partial charge in [-0.2, -0.15) is 0 Å². The number of aliphatic imine (C=N–C) groups is 1. The Labute approximate surface area is 105 Å². The van der Waals surface area contributed by atoms with E-state index in [0.717, 1.165) is 12.0 Å². The predicted octanol–water partition coefficient (Wildman–Crippen LogP) is 1.87. The summed E-state index contributed by atoms with van der Waals surface area (Å²) in [4.78, 5) is 16.0. The van der Waals surface area contributed by atoms with Crippen molar-refractivity contribution in [3.8, 4) is 0 Å². The van der Waals surface area contributed by atoms with Gasteiger partial charge in [-0.3, -0.25) is 15.1 Å². The summed E-state index contributed by atoms with van der Waals surface area (Å²) in [7, 11) is 0. The van der Waals surface area contributed by atoms with Crippen LogP contribution in [0.3, 0.4) is 0 Å². The molecule has 1 aliphatic heterocycles. The van der Waals surface area contributed by atoms with E-state index in [-0.39, 0.29) is 11.9 Å². The van der Waals surface area contributed by atoms with Crippen molar-refractivity contribution in [1.29, 1.82) is 0 Å². The van der Waals surface area contributed by atoms with Gasteiger partial charge in [0.15, 0.2) is 5.96 Å². The number of carbonyl (C=O) groups excluding carboxylic acids is 1. The molecule has 1 unspecified atom stereocenters. The van der Waals surface area contributed by atoms with Crippen molar-refractivity contribution >= 4 is 23.5 Å². The summed E-state index contributed by atoms with van der Waals surface area (Å²) in [6.07, 6.45) is 0.951. The number of halogens is 1. The van der Waals surface area contributed by atoms with Crippen molar-refractivity contribution in [1.82, 2.24) is 10.6 Å². The molecule has 4 nitrogen and oxygen atoms in total. The molecule has 0 aliphatic carbocycles. The van der Waals surface area contributed by atoms with E-state index in [2.05, 4.69) is 15.6 Å². The van der Waals surface area contributed by atoms with Crippen molar-refractivity contribution in [2.24, 2.45) is 4.99 Å². The standard InChI is InChI=1S/C12H14ClN3O/c1-2-7-14-12-15-10(11(17)16-12)8-3-5-9(13)6-4-8/h3-6,10H,2,7H2,1H3,(H2,14,15,16,17). The van der Waals surface area contributed by atoms with Crippen LogP contribution in [0.15, 0.2) is 29.3 Å². The Morgan fingerprint density at radius 3 is 2.71 bits per heavy atom. The number of rotatable bonds is 3. The molecule has 1 aromatic carbocycles. The third-order valence-electron chi connectivity index (χ3n) is 2.48. The van der Waals surface area contributed by atoms with Crippen LogP contribution >= 0.6 is 11.6 Å². The lowest BCUT2D eigenvalue weighted by Crippen LogP contribution is -2.25. The summed E-state index contributed by atoms with van der Waals surface area (Å²) in [6, 6.07) is 6.84. The summed E-state index contributed by atoms with van der Waals surface area (Å²) in [5.74, 6) is 0.471. The molecule has 0 radical (unpaired) electrons. The minimum atomic E-state index is -0.372. The number of hydrogen-bond donors (Lipinski definition) is 2. The molecule has 1 heterocycles. The van der Waals surface area contributed by atoms with E-state index in [9.17, 15) is 4.79 Å². The van der Waals surface area contributed by atoms with E-state index < -0.39 is 0 Å². The number of nitrogens with zero attached hydrogens (tertiary/aromatic N) is 1. The molecule has 1 amide bonds. The number of carbonyl (C=O) groups is 1. The van der Waals surface area contributed by atoms with Gasteiger partial charge in [0.2, 0.25) is 0 Å². The second-order valence-electron chi connectivity index (χ2n) is 3.85. The van der Waals surface area contributed by atoms with Crippen molar-refractivity contribution < 1.29 is 4.79 Å². The van der Waals surface area contributed by atoms with Crippen molar-refractivity contribution in [2.75, 3.05) is 6.54 Å². The van der Waals surface area contributed by atoms with Gasteiger partial charge in [-0.15, -0.1) is 0 Å². The number of guanidine groups is 1. The maximum Gasteiger partial charge on any atom is 0.253 e. The first kappa shape index (κ1) is 11.9. The first-order valence-electron chi connectivity index (χ1n) is 5.58. The number of benzene rings is 1. The summed E-state index contributed by atoms with van der Waals surface area (Å²) < 4.78 is 0. The van der Waals surface area contributed by atoms with E-state index in [1.807, 2.05) is 19.1 Å². The maximum atomic E-state index is 11.7. The third-order valence-corrected chi connectivity index (χ3v) is 2.73. The lowest BCUT2D eigenvalue weighted by Gasteiger charge is -2.07. The van der Waals surface area contributed by atoms with Crippen LogP contribution in [0.25, 0.3) is 0 Å². The van der Waals surface area contributed by atoms with E-state index in [1.54, 1.807) is 12.1 Å². The van der Waals surface area contributed by atoms with E-state index in [1.165, 1.54) is 0 Å². The number of hydrogen-bond acceptors (Lipinski definition) is 2. The highest BCUT2D eigenvalue weighted by Crippen LogP contribution is 2.18. The highest BCUT2D eigenvalue weighted by atomic mass is 35.5. The molecule has 1 aromatic rings. The van der Waals surface area contributed by atoms with Crippen LogP contribution in [0.1, 0.15) is 24.9 Å². The molecule has 0 saturated carbocycles. The summed E-state index contributed by atoms with van der Waals surface area (Å²) in [5, 5.41) is 6.44. The molecule has 1 saturated heterocycles. The fourth-order valence-corrected chi connectivity index (χ4v) is 1.75. The highest BCUT2D eigenvalue weighted by Gasteiger charge is 2.29. The molecule has 0 bridgehead atoms. The molecule has 0 aromatic heterocycles. The highest BCUT2D eigenvalue weighted by molar-refractivity contribution is 6.30. The second-order valence-corrected chi connectivity index (χ2v) is 4.28. The Bertz CT molecular complexity index is 442. The average molecular weight is 252 g/mol. The first-order chi connectivity index (χ1) is 8.20. The van der Waals surface area contributed by atoms with Gasteiger partial charge in [-0.25, -0.2) is 0 Å². The van der Waals surface area contributed by atoms with Gasteiger partial charge >= 0.3 is 0 Å². The number of amides is 1. The molecule has 17 heavy (non-hydrogen) atoms. The fourth-order valence-electron chi connectivity index (χ4n) is 1.63. The lowest BCUT2D eigenvalue weighted by atomic mass is 10.1. The number of nitrogens with one attached hydrogen (secondary N) is 2. The van der Waals surface area contributed by atoms with Crippen LogP contribution in [0, 0.1) is 0 Å². The van der Waals surface area contributed by atoms with E-state index in [4.69, 9.17) is 11.6 Å². The zero-order valence-electron chi connectivity index (χ0n) is 9.53. The average Bonchev–Trinajstić information content (AvgIpc) is 2.69. The molecule has 1 fully saturated rings. The lowest BCUT2D eigenvalue weighted by molar-refractivity contribution is -0.120. The van der Waals surface area contributed by atoms with Crippen LogP contribution < -0.4 is 10.6 Å². The van der Waals surface area contributed by atoms with E-state index >= 15 is 0 Å². The molecular weight excluding hydrogens is 238 g/mol. The molecular formula is C12H14ClN3O. The fraction of sp³-hybridized carbons (Fsp3) is 0.333. The smallest absolute Gasteiger partial charge is 0.253 e. The largest absolute Gasteiger partial charge is 0.340 e. The van der Waals surface area contributed by atoms with Crippen molar-refractivity contribution in [3.63, 3.8) is 0 Å². The van der Waals surface area contributed by atoms with Crippen LogP contribution in [0.5, 0.6) is 0 Å². The second kappa shape index (κ2) is 5.19. The van der Waals surface area contributed by atoms with E-state index in [0.29, 0.717) is 17.5 Å². The Balaban J connectivity index is 2.13. The Kier molecular flexibility index (Phi) is 3.64. The third kappa shape index (κ3) is 2.77. The van der Waals surface area contributed by atoms with Crippen molar-refractivity contribution in [3.05, 3.63) is 34.9 Å². The monoisotopic (exact) mass is 251 g/mol. The van der Waals surface area contributed by atoms with Crippen LogP contribution in [0.4, 0.5) is 0 Å². The van der Waals surface area contributed by atoms with Crippen LogP contribution in [-0.2, 0) is 4.79 Å². The Morgan fingerprint density at radius 1 is 1.35 bits per heavy atom. The molecule has 2 N–H and O–H groups in total. The minimum Gasteiger partial charge on any atom is -0.340 e. The molecule has 5 heteroatoms. The first-order valence-corrected chi connectivity index (χ1v) is 5.96. The SMILES string of the molecule is CCCN=C1NC(=O)C(c2ccc(Cl)cc2)N1. The van der Waals surface area contributed by atoms with Crippen molar-refractivity contribution in [2.45, 2.75) is 19.4 Å². The molecule has 2 rings (SSSR count). The summed E-state index contributed by atoms with van der Waals surface area (Å²) in [5.41, 5.74) is 0.883. The maximum absolute atomic E-state index is 11.7. The van der Waals surface area contributed by atoms with Gasteiger partial charge in [0.05, 0.1) is 0 Å². The summed E-state index contributed by atoms with van der Waals surface area (Å²) in [6.45, 7) is 2.74. The minimum absolute atomic E-state index is 0.0813. The van der Waals surface area contributed by atoms with Gasteiger partial charge < -0.3 is 5.32 Å². The van der Waals surface area contributed by atoms with Gasteiger partial charge in [-0.05, 0) is 24.1 Å². The zero-order chi connectivity index (χ0) is 12.3. The van der Waals surface area contributed by atoms with Crippen LogP contribution in [-0.4, -0.2) is 18.4 Å². The molecule has 0 spiro atoms. The predicted molar refractivity (Wildman–Crippen MR) is 68.1 cm³/mol.